The van der Waals surface area contributed by atoms with Gasteiger partial charge in [-0.1, -0.05) is 48.6 Å². The molecule has 0 aliphatic heterocycles. The number of esters is 1. The molecular weight excluding hydrogens is 404 g/mol. The normalized spacial score (nSPS) is 12.6. The first-order valence-corrected chi connectivity index (χ1v) is 11.6. The summed E-state index contributed by atoms with van der Waals surface area (Å²) in [5.74, 6) is 0.467. The first-order chi connectivity index (χ1) is 14.3. The van der Waals surface area contributed by atoms with Gasteiger partial charge in [-0.3, -0.25) is 8.98 Å². The van der Waals surface area contributed by atoms with Gasteiger partial charge in [0.2, 0.25) is 0 Å². The molecule has 0 saturated carbocycles. The zero-order valence-electron chi connectivity index (χ0n) is 17.5. The van der Waals surface area contributed by atoms with Gasteiger partial charge >= 0.3 is 5.97 Å². The van der Waals surface area contributed by atoms with E-state index in [-0.39, 0.29) is 18.5 Å². The molecule has 0 N–H and O–H groups in total. The van der Waals surface area contributed by atoms with Gasteiger partial charge < -0.3 is 9.47 Å². The van der Waals surface area contributed by atoms with Crippen molar-refractivity contribution in [3.63, 3.8) is 0 Å². The van der Waals surface area contributed by atoms with Crippen LogP contribution in [0, 0.1) is 0 Å². The molecule has 0 amide bonds. The average molecular weight is 433 g/mol. The number of benzene rings is 2. The van der Waals surface area contributed by atoms with Crippen molar-refractivity contribution in [3.8, 4) is 5.75 Å². The Kier molecular flexibility index (Phi) is 9.08. The lowest BCUT2D eigenvalue weighted by molar-refractivity contribution is -0.143. The number of carbonyl (C=O) groups is 1. The van der Waals surface area contributed by atoms with Crippen LogP contribution < -0.4 is 4.74 Å². The first-order valence-electron chi connectivity index (χ1n) is 9.74. The van der Waals surface area contributed by atoms with E-state index in [9.17, 15) is 13.2 Å². The smallest absolute Gasteiger partial charge is 0.306 e. The number of hydrogen-bond donors (Lipinski definition) is 0. The quantitative estimate of drug-likeness (QED) is 0.298. The van der Waals surface area contributed by atoms with Crippen LogP contribution in [0.3, 0.4) is 0 Å². The Bertz CT molecular complexity index is 931. The monoisotopic (exact) mass is 432 g/mol. The molecule has 0 aliphatic carbocycles. The molecule has 1 unspecified atom stereocenters. The second-order valence-electron chi connectivity index (χ2n) is 6.78. The maximum Gasteiger partial charge on any atom is 0.306 e. The maximum atomic E-state index is 11.8. The number of carbonyl (C=O) groups excluding carboxylic acids is 1. The Hall–Kier alpha value is -2.64. The van der Waals surface area contributed by atoms with E-state index in [0.29, 0.717) is 19.6 Å². The summed E-state index contributed by atoms with van der Waals surface area (Å²) in [5.41, 5.74) is 2.74. The fraction of sp³-hybridized carbons (Fsp3) is 0.348. The maximum absolute atomic E-state index is 11.8. The molecule has 0 aromatic heterocycles. The lowest BCUT2D eigenvalue weighted by atomic mass is 9.95. The molecular formula is C23H28O6S. The highest BCUT2D eigenvalue weighted by Gasteiger charge is 2.14. The van der Waals surface area contributed by atoms with E-state index in [4.69, 9.17) is 13.7 Å². The third-order valence-electron chi connectivity index (χ3n) is 4.29. The van der Waals surface area contributed by atoms with E-state index < -0.39 is 10.1 Å². The van der Waals surface area contributed by atoms with E-state index in [1.807, 2.05) is 67.6 Å². The Morgan fingerprint density at radius 1 is 1.00 bits per heavy atom. The average Bonchev–Trinajstić information content (AvgIpc) is 2.71. The topological polar surface area (TPSA) is 78.9 Å². The first kappa shape index (κ1) is 23.6. The Morgan fingerprint density at radius 2 is 1.60 bits per heavy atom. The molecule has 0 bridgehead atoms. The molecule has 0 spiro atoms. The van der Waals surface area contributed by atoms with Crippen LogP contribution in [0.2, 0.25) is 0 Å². The minimum Gasteiger partial charge on any atom is -0.489 e. The molecule has 6 nitrogen and oxygen atoms in total. The summed E-state index contributed by atoms with van der Waals surface area (Å²) in [6.45, 7) is 4.49. The SMILES string of the molecule is CC=CC(CC(=O)OCC)c1ccc(OCc2ccc(COS(C)(=O)=O)cc2)cc1. The van der Waals surface area contributed by atoms with E-state index in [2.05, 4.69) is 0 Å². The number of ether oxygens (including phenoxy) is 2. The van der Waals surface area contributed by atoms with Crippen molar-refractivity contribution < 1.29 is 26.9 Å². The van der Waals surface area contributed by atoms with Crippen LogP contribution in [0.25, 0.3) is 0 Å². The van der Waals surface area contributed by atoms with Crippen LogP contribution >= 0.6 is 0 Å². The molecule has 2 aromatic carbocycles. The molecule has 0 fully saturated rings. The van der Waals surface area contributed by atoms with Crippen molar-refractivity contribution in [1.29, 1.82) is 0 Å². The molecule has 0 heterocycles. The minimum absolute atomic E-state index is 0.0145. The van der Waals surface area contributed by atoms with E-state index >= 15 is 0 Å². The van der Waals surface area contributed by atoms with Crippen molar-refractivity contribution in [2.45, 2.75) is 39.4 Å². The highest BCUT2D eigenvalue weighted by Crippen LogP contribution is 2.25. The van der Waals surface area contributed by atoms with Crippen LogP contribution in [-0.4, -0.2) is 27.2 Å². The number of hydrogen-bond acceptors (Lipinski definition) is 6. The van der Waals surface area contributed by atoms with Crippen molar-refractivity contribution in [3.05, 3.63) is 77.4 Å². The molecule has 0 aliphatic rings. The summed E-state index contributed by atoms with van der Waals surface area (Å²) >= 11 is 0. The molecule has 0 radical (unpaired) electrons. The fourth-order valence-corrected chi connectivity index (χ4v) is 3.16. The summed E-state index contributed by atoms with van der Waals surface area (Å²) in [4.78, 5) is 11.8. The van der Waals surface area contributed by atoms with Crippen LogP contribution in [0.15, 0.2) is 60.7 Å². The van der Waals surface area contributed by atoms with E-state index in [1.54, 1.807) is 6.92 Å². The van der Waals surface area contributed by atoms with Gasteiger partial charge in [0.15, 0.2) is 0 Å². The Labute approximate surface area is 178 Å². The van der Waals surface area contributed by atoms with Crippen molar-refractivity contribution in [2.75, 3.05) is 12.9 Å². The number of allylic oxidation sites excluding steroid dienone is 2. The van der Waals surface area contributed by atoms with Crippen molar-refractivity contribution in [2.24, 2.45) is 0 Å². The summed E-state index contributed by atoms with van der Waals surface area (Å²) in [6, 6.07) is 15.0. The minimum atomic E-state index is -3.46. The Morgan fingerprint density at radius 3 is 2.13 bits per heavy atom. The standard InChI is InChI=1S/C23H28O6S/c1-4-6-21(15-23(24)27-5-2)20-11-13-22(14-12-20)28-16-18-7-9-19(10-8-18)17-29-30(3,25)26/h4,6-14,21H,5,15-17H2,1-3H3. The molecule has 1 atom stereocenters. The third-order valence-corrected chi connectivity index (χ3v) is 4.84. The predicted octanol–water partition coefficient (Wildman–Crippen LogP) is 4.35. The summed E-state index contributed by atoms with van der Waals surface area (Å²) < 4.78 is 37.7. The van der Waals surface area contributed by atoms with Crippen LogP contribution in [-0.2, 0) is 37.0 Å². The van der Waals surface area contributed by atoms with Gasteiger partial charge in [-0.05, 0) is 42.7 Å². The second kappa shape index (κ2) is 11.5. The fourth-order valence-electron chi connectivity index (χ4n) is 2.81. The van der Waals surface area contributed by atoms with Crippen LogP contribution in [0.4, 0.5) is 0 Å². The van der Waals surface area contributed by atoms with Crippen molar-refractivity contribution >= 4 is 16.1 Å². The van der Waals surface area contributed by atoms with Crippen LogP contribution in [0.1, 0.15) is 42.9 Å². The lowest BCUT2D eigenvalue weighted by Gasteiger charge is -2.14. The van der Waals surface area contributed by atoms with Gasteiger partial charge in [0.05, 0.1) is 25.9 Å². The van der Waals surface area contributed by atoms with Gasteiger partial charge in [0, 0.05) is 5.92 Å². The van der Waals surface area contributed by atoms with Crippen LogP contribution in [0.5, 0.6) is 5.75 Å². The van der Waals surface area contributed by atoms with Gasteiger partial charge in [0.25, 0.3) is 10.1 Å². The highest BCUT2D eigenvalue weighted by atomic mass is 32.2. The predicted molar refractivity (Wildman–Crippen MR) is 116 cm³/mol. The molecule has 2 aromatic rings. The van der Waals surface area contributed by atoms with Gasteiger partial charge in [-0.15, -0.1) is 0 Å². The molecule has 30 heavy (non-hydrogen) atoms. The molecule has 7 heteroatoms. The zero-order chi connectivity index (χ0) is 22.0. The van der Waals surface area contributed by atoms with E-state index in [0.717, 1.165) is 28.7 Å². The van der Waals surface area contributed by atoms with E-state index in [1.165, 1.54) is 0 Å². The van der Waals surface area contributed by atoms with Crippen molar-refractivity contribution in [1.82, 2.24) is 0 Å². The zero-order valence-corrected chi connectivity index (χ0v) is 18.4. The van der Waals surface area contributed by atoms with Gasteiger partial charge in [-0.2, -0.15) is 8.42 Å². The van der Waals surface area contributed by atoms with Gasteiger partial charge in [-0.25, -0.2) is 0 Å². The second-order valence-corrected chi connectivity index (χ2v) is 8.43. The molecule has 0 saturated heterocycles. The summed E-state index contributed by atoms with van der Waals surface area (Å²) in [7, 11) is -3.46. The molecule has 2 rings (SSSR count). The Balaban J connectivity index is 1.92. The largest absolute Gasteiger partial charge is 0.489 e. The number of rotatable bonds is 11. The third kappa shape index (κ3) is 8.39. The highest BCUT2D eigenvalue weighted by molar-refractivity contribution is 7.85. The molecule has 162 valence electrons. The summed E-state index contributed by atoms with van der Waals surface area (Å²) in [5, 5.41) is 0. The van der Waals surface area contributed by atoms with Gasteiger partial charge in [0.1, 0.15) is 12.4 Å². The summed E-state index contributed by atoms with van der Waals surface area (Å²) in [6.07, 6.45) is 5.24. The lowest BCUT2D eigenvalue weighted by Crippen LogP contribution is -2.09.